The lowest BCUT2D eigenvalue weighted by Crippen LogP contribution is -2.37. The van der Waals surface area contributed by atoms with E-state index >= 15 is 0 Å². The Morgan fingerprint density at radius 3 is 2.82 bits per heavy atom. The van der Waals surface area contributed by atoms with Crippen LogP contribution in [0.4, 0.5) is 5.82 Å². The van der Waals surface area contributed by atoms with E-state index in [-0.39, 0.29) is 18.7 Å². The van der Waals surface area contributed by atoms with Crippen LogP contribution in [0.3, 0.4) is 0 Å². The summed E-state index contributed by atoms with van der Waals surface area (Å²) in [6.07, 6.45) is 0.0454. The number of rotatable bonds is 3. The number of hydrogen-bond acceptors (Lipinski definition) is 7. The summed E-state index contributed by atoms with van der Waals surface area (Å²) in [7, 11) is 0. The molecule has 0 amide bonds. The van der Waals surface area contributed by atoms with E-state index in [0.29, 0.717) is 0 Å². The Morgan fingerprint density at radius 2 is 2.18 bits per heavy atom. The van der Waals surface area contributed by atoms with E-state index in [9.17, 15) is 9.90 Å². The van der Waals surface area contributed by atoms with Crippen molar-refractivity contribution in [2.45, 2.75) is 31.8 Å². The van der Waals surface area contributed by atoms with Crippen molar-refractivity contribution in [1.82, 2.24) is 9.55 Å². The zero-order valence-electron chi connectivity index (χ0n) is 12.5. The molecule has 1 aromatic rings. The maximum atomic E-state index is 12.3. The number of aliphatic hydroxyl groups excluding tert-OH is 2. The highest BCUT2D eigenvalue weighted by molar-refractivity contribution is 7.99. The van der Waals surface area contributed by atoms with Crippen molar-refractivity contribution in [2.24, 2.45) is 0 Å². The largest absolute Gasteiger partial charge is 0.394 e. The van der Waals surface area contributed by atoms with Crippen LogP contribution >= 0.6 is 11.8 Å². The van der Waals surface area contributed by atoms with Gasteiger partial charge in [-0.15, -0.1) is 0 Å². The van der Waals surface area contributed by atoms with Gasteiger partial charge in [0.15, 0.2) is 0 Å². The first-order valence-corrected chi connectivity index (χ1v) is 8.62. The van der Waals surface area contributed by atoms with Gasteiger partial charge in [0, 0.05) is 42.8 Å². The van der Waals surface area contributed by atoms with Crippen molar-refractivity contribution in [3.05, 3.63) is 22.2 Å². The van der Waals surface area contributed by atoms with E-state index in [1.807, 2.05) is 18.7 Å². The molecular weight excluding hydrogens is 306 g/mol. The first kappa shape index (κ1) is 15.8. The SMILES string of the molecule is Cc1cn(C2CC(O)C(CO)O2)c(=O)nc1N1CCSCC1. The highest BCUT2D eigenvalue weighted by Crippen LogP contribution is 2.28. The van der Waals surface area contributed by atoms with Crippen LogP contribution in [0.25, 0.3) is 0 Å². The van der Waals surface area contributed by atoms with Gasteiger partial charge in [0.05, 0.1) is 12.7 Å². The second-order valence-electron chi connectivity index (χ2n) is 5.65. The van der Waals surface area contributed by atoms with Crippen LogP contribution in [0.2, 0.25) is 0 Å². The Morgan fingerprint density at radius 1 is 1.45 bits per heavy atom. The number of thioether (sulfide) groups is 1. The Bertz CT molecular complexity index is 588. The summed E-state index contributed by atoms with van der Waals surface area (Å²) < 4.78 is 6.95. The van der Waals surface area contributed by atoms with Crippen molar-refractivity contribution in [3.63, 3.8) is 0 Å². The second kappa shape index (κ2) is 6.57. The Balaban J connectivity index is 1.85. The lowest BCUT2D eigenvalue weighted by molar-refractivity contribution is -0.0459. The van der Waals surface area contributed by atoms with Crippen molar-refractivity contribution < 1.29 is 14.9 Å². The quantitative estimate of drug-likeness (QED) is 0.791. The van der Waals surface area contributed by atoms with Gasteiger partial charge in [0.1, 0.15) is 18.1 Å². The molecule has 3 unspecified atom stereocenters. The van der Waals surface area contributed by atoms with Crippen molar-refractivity contribution >= 4 is 17.6 Å². The van der Waals surface area contributed by atoms with E-state index in [0.717, 1.165) is 36.0 Å². The van der Waals surface area contributed by atoms with Gasteiger partial charge in [-0.1, -0.05) is 0 Å². The zero-order valence-corrected chi connectivity index (χ0v) is 13.3. The summed E-state index contributed by atoms with van der Waals surface area (Å²) in [5.41, 5.74) is 0.534. The molecule has 3 atom stereocenters. The van der Waals surface area contributed by atoms with Crippen molar-refractivity contribution in [3.8, 4) is 0 Å². The van der Waals surface area contributed by atoms with Gasteiger partial charge >= 0.3 is 5.69 Å². The van der Waals surface area contributed by atoms with E-state index < -0.39 is 18.4 Å². The summed E-state index contributed by atoms with van der Waals surface area (Å²) in [4.78, 5) is 18.7. The third-order valence-corrected chi connectivity index (χ3v) is 5.06. The Labute approximate surface area is 132 Å². The lowest BCUT2D eigenvalue weighted by Gasteiger charge is -2.29. The second-order valence-corrected chi connectivity index (χ2v) is 6.88. The molecule has 0 aliphatic carbocycles. The predicted octanol–water partition coefficient (Wildman–Crippen LogP) is -0.254. The zero-order chi connectivity index (χ0) is 15.7. The molecule has 2 aliphatic rings. The third kappa shape index (κ3) is 3.01. The van der Waals surface area contributed by atoms with Gasteiger partial charge in [-0.2, -0.15) is 16.7 Å². The minimum Gasteiger partial charge on any atom is -0.394 e. The number of hydrogen-bond donors (Lipinski definition) is 2. The van der Waals surface area contributed by atoms with E-state index in [1.165, 1.54) is 4.57 Å². The number of anilines is 1. The highest BCUT2D eigenvalue weighted by Gasteiger charge is 2.35. The first-order valence-electron chi connectivity index (χ1n) is 7.47. The highest BCUT2D eigenvalue weighted by atomic mass is 32.2. The van der Waals surface area contributed by atoms with Crippen molar-refractivity contribution in [2.75, 3.05) is 36.1 Å². The fraction of sp³-hybridized carbons (Fsp3) is 0.714. The lowest BCUT2D eigenvalue weighted by atomic mass is 10.2. The fourth-order valence-corrected chi connectivity index (χ4v) is 3.81. The smallest absolute Gasteiger partial charge is 0.351 e. The number of ether oxygens (including phenoxy) is 1. The molecular formula is C14H21N3O4S. The Kier molecular flexibility index (Phi) is 4.72. The first-order chi connectivity index (χ1) is 10.6. The van der Waals surface area contributed by atoms with Gasteiger partial charge in [-0.05, 0) is 6.92 Å². The van der Waals surface area contributed by atoms with Gasteiger partial charge in [-0.3, -0.25) is 4.57 Å². The maximum absolute atomic E-state index is 12.3. The molecule has 2 N–H and O–H groups in total. The normalized spacial score (nSPS) is 29.0. The van der Waals surface area contributed by atoms with E-state index in [2.05, 4.69) is 9.88 Å². The van der Waals surface area contributed by atoms with E-state index in [4.69, 9.17) is 9.84 Å². The fourth-order valence-electron chi connectivity index (χ4n) is 2.91. The molecule has 0 spiro atoms. The molecule has 0 bridgehead atoms. The topological polar surface area (TPSA) is 87.8 Å². The van der Waals surface area contributed by atoms with Gasteiger partial charge in [-0.25, -0.2) is 4.79 Å². The molecule has 8 heteroatoms. The minimum atomic E-state index is -0.763. The average Bonchev–Trinajstić information content (AvgIpc) is 2.91. The van der Waals surface area contributed by atoms with Crippen LogP contribution in [0, 0.1) is 6.92 Å². The molecule has 3 rings (SSSR count). The molecule has 7 nitrogen and oxygen atoms in total. The molecule has 3 heterocycles. The molecule has 0 aromatic carbocycles. The van der Waals surface area contributed by atoms with Crippen LogP contribution in [0.15, 0.2) is 11.0 Å². The van der Waals surface area contributed by atoms with Gasteiger partial charge < -0.3 is 19.8 Å². The molecule has 2 aliphatic heterocycles. The van der Waals surface area contributed by atoms with E-state index in [1.54, 1.807) is 6.20 Å². The summed E-state index contributed by atoms with van der Waals surface area (Å²) >= 11 is 1.91. The number of nitrogens with zero attached hydrogens (tertiary/aromatic N) is 3. The molecule has 2 fully saturated rings. The number of aryl methyl sites for hydroxylation is 1. The molecule has 122 valence electrons. The van der Waals surface area contributed by atoms with Gasteiger partial charge in [0.2, 0.25) is 0 Å². The predicted molar refractivity (Wildman–Crippen MR) is 84.4 cm³/mol. The van der Waals surface area contributed by atoms with Crippen LogP contribution in [0.1, 0.15) is 18.2 Å². The van der Waals surface area contributed by atoms with Crippen LogP contribution in [0.5, 0.6) is 0 Å². The number of aromatic nitrogens is 2. The third-order valence-electron chi connectivity index (χ3n) is 4.11. The van der Waals surface area contributed by atoms with Crippen LogP contribution in [-0.4, -0.2) is 63.2 Å². The van der Waals surface area contributed by atoms with Crippen molar-refractivity contribution in [1.29, 1.82) is 0 Å². The summed E-state index contributed by atoms with van der Waals surface area (Å²) in [5, 5.41) is 19.0. The standard InChI is InChI=1S/C14H21N3O4S/c1-9-7-17(12-6-10(19)11(8-18)21-12)14(20)15-13(9)16-2-4-22-5-3-16/h7,10-12,18-19H,2-6,8H2,1H3. The molecule has 0 saturated carbocycles. The average molecular weight is 327 g/mol. The molecule has 0 radical (unpaired) electrons. The number of aliphatic hydroxyl groups is 2. The molecule has 2 saturated heterocycles. The molecule has 1 aromatic heterocycles. The summed E-state index contributed by atoms with van der Waals surface area (Å²) in [6, 6.07) is 0. The maximum Gasteiger partial charge on any atom is 0.351 e. The van der Waals surface area contributed by atoms with Crippen LogP contribution < -0.4 is 10.6 Å². The molecule has 22 heavy (non-hydrogen) atoms. The minimum absolute atomic E-state index is 0.262. The summed E-state index contributed by atoms with van der Waals surface area (Å²) in [5.74, 6) is 2.82. The van der Waals surface area contributed by atoms with Crippen LogP contribution in [-0.2, 0) is 4.74 Å². The monoisotopic (exact) mass is 327 g/mol. The Hall–Kier alpha value is -1.09. The summed E-state index contributed by atoms with van der Waals surface area (Å²) in [6.45, 7) is 3.46. The van der Waals surface area contributed by atoms with Gasteiger partial charge in [0.25, 0.3) is 0 Å².